The number of likely N-dealkylation sites (N-methyl/N-ethyl adjacent to an activating group) is 1. The van der Waals surface area contributed by atoms with Gasteiger partial charge in [-0.05, 0) is 39.0 Å². The van der Waals surface area contributed by atoms with E-state index in [4.69, 9.17) is 4.99 Å². The van der Waals surface area contributed by atoms with Crippen LogP contribution in [0.2, 0.25) is 0 Å². The van der Waals surface area contributed by atoms with Gasteiger partial charge in [-0.15, -0.1) is 0 Å². The van der Waals surface area contributed by atoms with E-state index < -0.39 is 12.3 Å². The average molecular weight is 489 g/mol. The number of carbonyl (C=O) groups excluding carboxylic acids is 2. The molecule has 0 bridgehead atoms. The van der Waals surface area contributed by atoms with Crippen molar-refractivity contribution in [2.45, 2.75) is 39.1 Å². The standard InChI is InChI=1S/C25H24N6O3S/c1-4-28-20-21(30(25(28)34)15-10-6-5-7-11-15)27-31-23(33)19(35-24(31)26-20)18-16-12-8-9-13-17(16)29(14(2)3)22(18)32/h5-14,20-21,27H,4H2,1-3H3/b19-18-. The number of hydrogen-bond acceptors (Lipinski definition) is 6. The molecular weight excluding hydrogens is 464 g/mol. The van der Waals surface area contributed by atoms with E-state index >= 15 is 0 Å². The number of nitrogens with one attached hydrogen (secondary N) is 1. The number of aromatic nitrogens is 1. The molecule has 2 atom stereocenters. The molecular formula is C25H24N6O3S. The SMILES string of the molecule is CCN1C(=O)N(c2ccccc2)C2Nn3c(s/c(=C4\C(=O)N(C(C)C)c5ccccc54)c3=O)=NC21. The lowest BCUT2D eigenvalue weighted by Crippen LogP contribution is -2.55. The normalized spacial score (nSPS) is 22.2. The van der Waals surface area contributed by atoms with E-state index in [1.807, 2.05) is 75.4 Å². The van der Waals surface area contributed by atoms with Crippen LogP contribution in [0.1, 0.15) is 26.3 Å². The summed E-state index contributed by atoms with van der Waals surface area (Å²) in [7, 11) is 0. The summed E-state index contributed by atoms with van der Waals surface area (Å²) in [6.45, 7) is 6.29. The molecule has 1 aromatic heterocycles. The lowest BCUT2D eigenvalue weighted by molar-refractivity contribution is -0.113. The summed E-state index contributed by atoms with van der Waals surface area (Å²) < 4.78 is 1.72. The first-order valence-corrected chi connectivity index (χ1v) is 12.4. The Balaban J connectivity index is 1.54. The van der Waals surface area contributed by atoms with Gasteiger partial charge in [0, 0.05) is 23.8 Å². The van der Waals surface area contributed by atoms with Gasteiger partial charge in [0.2, 0.25) is 4.80 Å². The summed E-state index contributed by atoms with van der Waals surface area (Å²) in [5.41, 5.74) is 5.57. The maximum absolute atomic E-state index is 13.6. The van der Waals surface area contributed by atoms with E-state index in [9.17, 15) is 14.4 Å². The molecule has 3 aliphatic rings. The third-order valence-corrected chi connectivity index (χ3v) is 7.66. The van der Waals surface area contributed by atoms with Gasteiger partial charge in [0.15, 0.2) is 12.3 Å². The van der Waals surface area contributed by atoms with Crippen LogP contribution in [0.25, 0.3) is 5.57 Å². The van der Waals surface area contributed by atoms with Crippen LogP contribution in [0.3, 0.4) is 0 Å². The monoisotopic (exact) mass is 488 g/mol. The molecule has 1 N–H and O–H groups in total. The number of rotatable bonds is 3. The highest BCUT2D eigenvalue weighted by molar-refractivity contribution is 7.07. The second-order valence-electron chi connectivity index (χ2n) is 8.91. The highest BCUT2D eigenvalue weighted by Crippen LogP contribution is 2.36. The number of anilines is 2. The third-order valence-electron chi connectivity index (χ3n) is 6.60. The molecule has 3 aliphatic heterocycles. The minimum atomic E-state index is -0.554. The zero-order chi connectivity index (χ0) is 24.4. The van der Waals surface area contributed by atoms with E-state index in [2.05, 4.69) is 5.43 Å². The Kier molecular flexibility index (Phi) is 4.82. The average Bonchev–Trinajstić information content (AvgIpc) is 3.43. The molecule has 0 radical (unpaired) electrons. The zero-order valence-electron chi connectivity index (χ0n) is 19.5. The summed E-state index contributed by atoms with van der Waals surface area (Å²) in [6, 6.07) is 16.7. The van der Waals surface area contributed by atoms with E-state index in [0.29, 0.717) is 21.5 Å². The van der Waals surface area contributed by atoms with Crippen molar-refractivity contribution in [3.63, 3.8) is 0 Å². The number of fused-ring (bicyclic) bond motifs is 3. The molecule has 3 aromatic rings. The molecule has 178 valence electrons. The number of amides is 3. The van der Waals surface area contributed by atoms with Crippen LogP contribution >= 0.6 is 11.3 Å². The Bertz CT molecular complexity index is 1540. The van der Waals surface area contributed by atoms with Gasteiger partial charge in [0.05, 0.1) is 11.3 Å². The number of carbonyl (C=O) groups is 2. The summed E-state index contributed by atoms with van der Waals surface area (Å²) in [6.07, 6.45) is -1.05. The van der Waals surface area contributed by atoms with Crippen molar-refractivity contribution in [3.8, 4) is 0 Å². The van der Waals surface area contributed by atoms with Gasteiger partial charge >= 0.3 is 6.03 Å². The fourth-order valence-electron chi connectivity index (χ4n) is 5.06. The Morgan fingerprint density at radius 2 is 1.74 bits per heavy atom. The minimum absolute atomic E-state index is 0.0517. The molecule has 0 spiro atoms. The second-order valence-corrected chi connectivity index (χ2v) is 9.88. The highest BCUT2D eigenvalue weighted by Gasteiger charge is 2.48. The summed E-state index contributed by atoms with van der Waals surface area (Å²) in [4.78, 5) is 50.6. The van der Waals surface area contributed by atoms with Crippen molar-refractivity contribution in [2.75, 3.05) is 21.8 Å². The third kappa shape index (κ3) is 2.99. The quantitative estimate of drug-likeness (QED) is 0.607. The van der Waals surface area contributed by atoms with Gasteiger partial charge in [0.25, 0.3) is 11.5 Å². The van der Waals surface area contributed by atoms with Crippen LogP contribution in [0.5, 0.6) is 0 Å². The molecule has 1 fully saturated rings. The predicted octanol–water partition coefficient (Wildman–Crippen LogP) is 1.65. The van der Waals surface area contributed by atoms with Gasteiger partial charge in [-0.25, -0.2) is 9.79 Å². The van der Waals surface area contributed by atoms with Crippen molar-refractivity contribution < 1.29 is 9.59 Å². The molecule has 10 heteroatoms. The Hall–Kier alpha value is -3.92. The summed E-state index contributed by atoms with van der Waals surface area (Å²) in [5, 5.41) is 0. The first kappa shape index (κ1) is 21.6. The molecule has 0 saturated carbocycles. The first-order valence-electron chi connectivity index (χ1n) is 11.6. The van der Waals surface area contributed by atoms with Crippen LogP contribution in [-0.2, 0) is 4.79 Å². The summed E-state index contributed by atoms with van der Waals surface area (Å²) >= 11 is 1.18. The maximum Gasteiger partial charge on any atom is 0.328 e. The fraction of sp³-hybridized carbons (Fsp3) is 0.280. The Morgan fingerprint density at radius 3 is 2.46 bits per heavy atom. The molecule has 2 unspecified atom stereocenters. The van der Waals surface area contributed by atoms with Crippen molar-refractivity contribution in [1.82, 2.24) is 9.58 Å². The van der Waals surface area contributed by atoms with Crippen molar-refractivity contribution in [3.05, 3.63) is 79.8 Å². The van der Waals surface area contributed by atoms with Gasteiger partial charge in [-0.3, -0.25) is 24.8 Å². The number of hydrogen-bond donors (Lipinski definition) is 1. The van der Waals surface area contributed by atoms with Gasteiger partial charge < -0.3 is 4.90 Å². The summed E-state index contributed by atoms with van der Waals surface area (Å²) in [5.74, 6) is -0.186. The molecule has 4 heterocycles. The second kappa shape index (κ2) is 7.81. The van der Waals surface area contributed by atoms with Crippen LogP contribution in [-0.4, -0.2) is 46.4 Å². The lowest BCUT2D eigenvalue weighted by atomic mass is 10.1. The maximum atomic E-state index is 13.6. The van der Waals surface area contributed by atoms with Crippen LogP contribution < -0.4 is 30.1 Å². The first-order chi connectivity index (χ1) is 16.9. The number of urea groups is 1. The number of thiazole rings is 1. The molecule has 6 rings (SSSR count). The van der Waals surface area contributed by atoms with E-state index in [-0.39, 0.29) is 23.5 Å². The van der Waals surface area contributed by atoms with Gasteiger partial charge in [0.1, 0.15) is 4.53 Å². The largest absolute Gasteiger partial charge is 0.328 e. The number of nitrogens with zero attached hydrogens (tertiary/aromatic N) is 5. The van der Waals surface area contributed by atoms with Crippen molar-refractivity contribution >= 4 is 40.2 Å². The van der Waals surface area contributed by atoms with Crippen LogP contribution in [0.15, 0.2) is 64.4 Å². The van der Waals surface area contributed by atoms with Crippen LogP contribution in [0.4, 0.5) is 16.2 Å². The zero-order valence-corrected chi connectivity index (χ0v) is 20.3. The number of para-hydroxylation sites is 2. The lowest BCUT2D eigenvalue weighted by Gasteiger charge is -2.29. The van der Waals surface area contributed by atoms with E-state index in [1.54, 1.807) is 14.7 Å². The molecule has 9 nitrogen and oxygen atoms in total. The number of benzene rings is 2. The van der Waals surface area contributed by atoms with Gasteiger partial charge in [-0.1, -0.05) is 47.7 Å². The smallest absolute Gasteiger partial charge is 0.305 e. The molecule has 3 amide bonds. The van der Waals surface area contributed by atoms with Gasteiger partial charge in [-0.2, -0.15) is 4.68 Å². The molecule has 1 saturated heterocycles. The molecule has 0 aliphatic carbocycles. The highest BCUT2D eigenvalue weighted by atomic mass is 32.1. The van der Waals surface area contributed by atoms with Crippen molar-refractivity contribution in [1.29, 1.82) is 0 Å². The van der Waals surface area contributed by atoms with E-state index in [1.165, 1.54) is 16.0 Å². The molecule has 2 aromatic carbocycles. The van der Waals surface area contributed by atoms with E-state index in [0.717, 1.165) is 16.9 Å². The minimum Gasteiger partial charge on any atom is -0.305 e. The Morgan fingerprint density at radius 1 is 1.03 bits per heavy atom. The van der Waals surface area contributed by atoms with Crippen molar-refractivity contribution in [2.24, 2.45) is 4.99 Å². The predicted molar refractivity (Wildman–Crippen MR) is 135 cm³/mol. The Labute approximate surface area is 205 Å². The fourth-order valence-corrected chi connectivity index (χ4v) is 6.11. The topological polar surface area (TPSA) is 90.3 Å². The molecule has 35 heavy (non-hydrogen) atoms. The van der Waals surface area contributed by atoms with Crippen LogP contribution in [0, 0.1) is 0 Å².